The maximum absolute atomic E-state index is 12.2. The van der Waals surface area contributed by atoms with Crippen LogP contribution in [0.4, 0.5) is 10.1 Å². The third-order valence-corrected chi connectivity index (χ3v) is 1.09. The molecule has 0 atom stereocenters. The van der Waals surface area contributed by atoms with Crippen molar-refractivity contribution in [1.82, 2.24) is 4.98 Å². The van der Waals surface area contributed by atoms with Gasteiger partial charge in [-0.25, -0.2) is 4.39 Å². The summed E-state index contributed by atoms with van der Waals surface area (Å²) in [5.41, 5.74) is 6.38. The lowest BCUT2D eigenvalue weighted by Crippen LogP contribution is -1.92. The van der Waals surface area contributed by atoms with Crippen LogP contribution in [-0.4, -0.2) is 4.98 Å². The van der Waals surface area contributed by atoms with Gasteiger partial charge >= 0.3 is 0 Å². The molecule has 0 aromatic carbocycles. The van der Waals surface area contributed by atoms with E-state index in [1.165, 1.54) is 6.07 Å². The van der Waals surface area contributed by atoms with E-state index >= 15 is 0 Å². The average Bonchev–Trinajstić information content (AvgIpc) is 2.02. The molecule has 1 aromatic rings. The summed E-state index contributed by atoms with van der Waals surface area (Å²) in [5, 5.41) is 0. The minimum atomic E-state index is -0.391. The number of nitrogens with two attached hydrogens (primary N) is 1. The summed E-state index contributed by atoms with van der Waals surface area (Å²) in [7, 11) is 0. The number of aromatic nitrogens is 1. The molecule has 0 saturated heterocycles. The number of nitrogens with zero attached hydrogens (tertiary/aromatic N) is 1. The first-order valence-electron chi connectivity index (χ1n) is 3.58. The monoisotopic (exact) mass is 156 g/mol. The van der Waals surface area contributed by atoms with E-state index in [0.29, 0.717) is 11.4 Å². The Morgan fingerprint density at radius 1 is 1.45 bits per heavy atom. The first-order valence-corrected chi connectivity index (χ1v) is 3.58. The van der Waals surface area contributed by atoms with E-state index < -0.39 is 5.82 Å². The molecular weight excluding hydrogens is 143 g/mol. The molecule has 2 N–H and O–H groups in total. The van der Waals surface area contributed by atoms with E-state index in [4.69, 9.17) is 5.73 Å². The minimum Gasteiger partial charge on any atom is -0.397 e. The normalized spacial score (nSPS) is 8.36. The highest BCUT2D eigenvalue weighted by atomic mass is 19.1. The standard InChI is InChI=1S/C6H7FN2.C2H6/c1-4-6(8)2-5(7)3-9-4;1-2/h2-3H,8H2,1H3;1-2H3. The number of nitrogen functional groups attached to an aromatic ring is 1. The van der Waals surface area contributed by atoms with Gasteiger partial charge in [0.1, 0.15) is 5.82 Å². The summed E-state index contributed by atoms with van der Waals surface area (Å²) in [4.78, 5) is 3.68. The van der Waals surface area contributed by atoms with Crippen molar-refractivity contribution in [2.24, 2.45) is 0 Å². The van der Waals surface area contributed by atoms with Gasteiger partial charge in [0, 0.05) is 6.07 Å². The van der Waals surface area contributed by atoms with Crippen molar-refractivity contribution in [1.29, 1.82) is 0 Å². The van der Waals surface area contributed by atoms with E-state index in [1.54, 1.807) is 6.92 Å². The fourth-order valence-corrected chi connectivity index (χ4v) is 0.523. The Kier molecular flexibility index (Phi) is 4.18. The number of halogens is 1. The molecule has 2 nitrogen and oxygen atoms in total. The van der Waals surface area contributed by atoms with Crippen LogP contribution in [0.1, 0.15) is 19.5 Å². The molecule has 62 valence electrons. The maximum atomic E-state index is 12.2. The molecule has 0 aliphatic rings. The molecule has 0 aliphatic carbocycles. The lowest BCUT2D eigenvalue weighted by Gasteiger charge is -1.95. The smallest absolute Gasteiger partial charge is 0.143 e. The zero-order valence-corrected chi connectivity index (χ0v) is 7.06. The molecule has 1 rings (SSSR count). The van der Waals surface area contributed by atoms with Crippen molar-refractivity contribution in [2.45, 2.75) is 20.8 Å². The average molecular weight is 156 g/mol. The highest BCUT2D eigenvalue weighted by Crippen LogP contribution is 2.06. The maximum Gasteiger partial charge on any atom is 0.143 e. The van der Waals surface area contributed by atoms with Crippen molar-refractivity contribution in [3.8, 4) is 0 Å². The zero-order chi connectivity index (χ0) is 8.85. The van der Waals surface area contributed by atoms with Crippen LogP contribution in [0.3, 0.4) is 0 Å². The molecule has 0 amide bonds. The van der Waals surface area contributed by atoms with Crippen LogP contribution < -0.4 is 5.73 Å². The molecule has 1 heterocycles. The molecule has 0 bridgehead atoms. The number of anilines is 1. The second-order valence-corrected chi connectivity index (χ2v) is 1.83. The Morgan fingerprint density at radius 3 is 2.36 bits per heavy atom. The van der Waals surface area contributed by atoms with Crippen LogP contribution >= 0.6 is 0 Å². The summed E-state index contributed by atoms with van der Waals surface area (Å²) in [6.45, 7) is 5.73. The molecule has 11 heavy (non-hydrogen) atoms. The van der Waals surface area contributed by atoms with Crippen molar-refractivity contribution in [2.75, 3.05) is 5.73 Å². The van der Waals surface area contributed by atoms with E-state index in [2.05, 4.69) is 4.98 Å². The van der Waals surface area contributed by atoms with E-state index in [-0.39, 0.29) is 0 Å². The predicted molar refractivity (Wildman–Crippen MR) is 44.7 cm³/mol. The van der Waals surface area contributed by atoms with Crippen molar-refractivity contribution >= 4 is 5.69 Å². The lowest BCUT2D eigenvalue weighted by molar-refractivity contribution is 0.621. The van der Waals surface area contributed by atoms with Gasteiger partial charge in [0.25, 0.3) is 0 Å². The van der Waals surface area contributed by atoms with E-state index in [0.717, 1.165) is 6.20 Å². The number of hydrogen-bond acceptors (Lipinski definition) is 2. The van der Waals surface area contributed by atoms with Crippen LogP contribution in [0.25, 0.3) is 0 Å². The second-order valence-electron chi connectivity index (χ2n) is 1.83. The van der Waals surface area contributed by atoms with Gasteiger partial charge in [-0.2, -0.15) is 0 Å². The highest BCUT2D eigenvalue weighted by molar-refractivity contribution is 5.41. The van der Waals surface area contributed by atoms with Crippen molar-refractivity contribution < 1.29 is 4.39 Å². The molecule has 0 aliphatic heterocycles. The van der Waals surface area contributed by atoms with Gasteiger partial charge in [-0.15, -0.1) is 0 Å². The Hall–Kier alpha value is -1.12. The number of pyridine rings is 1. The van der Waals surface area contributed by atoms with E-state index in [1.807, 2.05) is 13.8 Å². The minimum absolute atomic E-state index is 0.391. The third-order valence-electron chi connectivity index (χ3n) is 1.09. The number of rotatable bonds is 0. The first-order chi connectivity index (χ1) is 5.20. The third kappa shape index (κ3) is 2.98. The highest BCUT2D eigenvalue weighted by Gasteiger charge is 1.94. The largest absolute Gasteiger partial charge is 0.397 e. The molecular formula is C8H13FN2. The first kappa shape index (κ1) is 9.88. The van der Waals surface area contributed by atoms with Gasteiger partial charge in [-0.3, -0.25) is 4.98 Å². The Morgan fingerprint density at radius 2 is 2.00 bits per heavy atom. The summed E-state index contributed by atoms with van der Waals surface area (Å²) in [5.74, 6) is -0.391. The topological polar surface area (TPSA) is 38.9 Å². The zero-order valence-electron chi connectivity index (χ0n) is 7.06. The Bertz CT molecular complexity index is 223. The van der Waals surface area contributed by atoms with Gasteiger partial charge in [0.15, 0.2) is 0 Å². The van der Waals surface area contributed by atoms with Crippen LogP contribution in [0.15, 0.2) is 12.3 Å². The van der Waals surface area contributed by atoms with Gasteiger partial charge in [0.05, 0.1) is 17.6 Å². The molecule has 3 heteroatoms. The van der Waals surface area contributed by atoms with Crippen LogP contribution in [-0.2, 0) is 0 Å². The lowest BCUT2D eigenvalue weighted by atomic mass is 10.3. The SMILES string of the molecule is CC.Cc1ncc(F)cc1N. The fourth-order valence-electron chi connectivity index (χ4n) is 0.523. The summed E-state index contributed by atoms with van der Waals surface area (Å²) < 4.78 is 12.2. The quantitative estimate of drug-likeness (QED) is 0.625. The molecule has 0 saturated carbocycles. The molecule has 0 unspecified atom stereocenters. The fraction of sp³-hybridized carbons (Fsp3) is 0.375. The van der Waals surface area contributed by atoms with Crippen molar-refractivity contribution in [3.05, 3.63) is 23.8 Å². The van der Waals surface area contributed by atoms with Crippen molar-refractivity contribution in [3.63, 3.8) is 0 Å². The summed E-state index contributed by atoms with van der Waals surface area (Å²) in [6.07, 6.45) is 1.14. The Labute approximate surface area is 66.3 Å². The van der Waals surface area contributed by atoms with Crippen LogP contribution in [0.5, 0.6) is 0 Å². The van der Waals surface area contributed by atoms with E-state index in [9.17, 15) is 4.39 Å². The van der Waals surface area contributed by atoms with Crippen LogP contribution in [0.2, 0.25) is 0 Å². The summed E-state index contributed by atoms with van der Waals surface area (Å²) in [6, 6.07) is 1.25. The van der Waals surface area contributed by atoms with Crippen LogP contribution in [0, 0.1) is 12.7 Å². The van der Waals surface area contributed by atoms with Gasteiger partial charge in [-0.05, 0) is 6.92 Å². The summed E-state index contributed by atoms with van der Waals surface area (Å²) >= 11 is 0. The van der Waals surface area contributed by atoms with Gasteiger partial charge < -0.3 is 5.73 Å². The molecule has 0 spiro atoms. The number of hydrogen-bond donors (Lipinski definition) is 1. The second kappa shape index (κ2) is 4.66. The molecule has 0 fully saturated rings. The van der Waals surface area contributed by atoms with Gasteiger partial charge in [0.2, 0.25) is 0 Å². The molecule has 0 radical (unpaired) electrons. The predicted octanol–water partition coefficient (Wildman–Crippen LogP) is 2.14. The van der Waals surface area contributed by atoms with Gasteiger partial charge in [-0.1, -0.05) is 13.8 Å². The molecule has 1 aromatic heterocycles. The Balaban J connectivity index is 0.000000461. The number of aryl methyl sites for hydroxylation is 1.